The van der Waals surface area contributed by atoms with Crippen LogP contribution in [0.3, 0.4) is 0 Å². The van der Waals surface area contributed by atoms with Gasteiger partial charge in [-0.25, -0.2) is 17.2 Å². The number of halogens is 2. The monoisotopic (exact) mass is 421 g/mol. The van der Waals surface area contributed by atoms with Gasteiger partial charge in [-0.1, -0.05) is 12.1 Å². The van der Waals surface area contributed by atoms with E-state index in [1.807, 2.05) is 0 Å². The second-order valence-electron chi connectivity index (χ2n) is 7.44. The highest BCUT2D eigenvalue weighted by Crippen LogP contribution is 2.35. The third-order valence-electron chi connectivity index (χ3n) is 5.11. The molecule has 0 bridgehead atoms. The molecule has 0 aromatic heterocycles. The predicted octanol–water partition coefficient (Wildman–Crippen LogP) is 2.71. The molecule has 1 heterocycles. The highest BCUT2D eigenvalue weighted by atomic mass is 32.2. The summed E-state index contributed by atoms with van der Waals surface area (Å²) in [6.07, 6.45) is 0.936. The van der Waals surface area contributed by atoms with Crippen LogP contribution in [-0.4, -0.2) is 32.9 Å². The smallest absolute Gasteiger partial charge is 0.224 e. The zero-order valence-electron chi connectivity index (χ0n) is 16.0. The Morgan fingerprint density at radius 1 is 1.14 bits per heavy atom. The van der Waals surface area contributed by atoms with Gasteiger partial charge in [0.15, 0.2) is 9.84 Å². The maximum atomic E-state index is 14.4. The number of Topliss-reactive ketones (excluding diaryl/α,β-unsaturated/α-hetero) is 1. The zero-order chi connectivity index (χ0) is 21.3. The van der Waals surface area contributed by atoms with Gasteiger partial charge in [0.05, 0.1) is 10.8 Å². The summed E-state index contributed by atoms with van der Waals surface area (Å²) in [6.45, 7) is 1.64. The number of sulfone groups is 1. The molecule has 1 N–H and O–H groups in total. The number of hydrogen-bond donors (Lipinski definition) is 1. The van der Waals surface area contributed by atoms with Crippen LogP contribution in [0.5, 0.6) is 0 Å². The maximum absolute atomic E-state index is 14.4. The standard InChI is InChI=1S/C21H21F2NO4S/c1-12-7-18(22)20(19(23)8-12)17-11-24-21(26)16(17)10-14(25)9-13-3-5-15(6-4-13)29(2,27)28/h3-8,16-17H,9-11H2,1-2H3,(H,24,26)/t16-,17+/m0/s1. The number of rotatable bonds is 6. The van der Waals surface area contributed by atoms with Crippen molar-refractivity contribution in [2.75, 3.05) is 12.8 Å². The summed E-state index contributed by atoms with van der Waals surface area (Å²) in [7, 11) is -3.33. The van der Waals surface area contributed by atoms with Gasteiger partial charge in [0, 0.05) is 37.1 Å². The van der Waals surface area contributed by atoms with Crippen LogP contribution >= 0.6 is 0 Å². The molecule has 5 nitrogen and oxygen atoms in total. The van der Waals surface area contributed by atoms with Crippen LogP contribution in [0, 0.1) is 24.5 Å². The lowest BCUT2D eigenvalue weighted by Gasteiger charge is -2.18. The molecule has 2 aromatic carbocycles. The normalized spacial score (nSPS) is 19.2. The van der Waals surface area contributed by atoms with E-state index in [0.717, 1.165) is 6.26 Å². The maximum Gasteiger partial charge on any atom is 0.224 e. The second-order valence-corrected chi connectivity index (χ2v) is 9.45. The van der Waals surface area contributed by atoms with Crippen molar-refractivity contribution in [1.82, 2.24) is 5.32 Å². The molecule has 0 aliphatic carbocycles. The van der Waals surface area contributed by atoms with Crippen molar-refractivity contribution in [3.05, 3.63) is 64.7 Å². The second kappa shape index (κ2) is 8.02. The Labute approximate surface area is 168 Å². The zero-order valence-corrected chi connectivity index (χ0v) is 16.9. The third kappa shape index (κ3) is 4.70. The highest BCUT2D eigenvalue weighted by Gasteiger charge is 2.39. The Bertz CT molecular complexity index is 1040. The minimum absolute atomic E-state index is 0.000591. The molecule has 0 saturated carbocycles. The van der Waals surface area contributed by atoms with Crippen molar-refractivity contribution in [3.8, 4) is 0 Å². The number of amides is 1. The molecular weight excluding hydrogens is 400 g/mol. The summed E-state index contributed by atoms with van der Waals surface area (Å²) in [5.74, 6) is -3.74. The van der Waals surface area contributed by atoms with Gasteiger partial charge in [-0.2, -0.15) is 0 Å². The van der Waals surface area contributed by atoms with E-state index in [-0.39, 0.29) is 35.6 Å². The molecule has 2 atom stereocenters. The molecule has 29 heavy (non-hydrogen) atoms. The van der Waals surface area contributed by atoms with E-state index in [0.29, 0.717) is 11.1 Å². The molecule has 1 fully saturated rings. The largest absolute Gasteiger partial charge is 0.355 e. The van der Waals surface area contributed by atoms with Crippen molar-refractivity contribution >= 4 is 21.5 Å². The fourth-order valence-corrected chi connectivity index (χ4v) is 4.30. The van der Waals surface area contributed by atoms with E-state index < -0.39 is 39.2 Å². The number of carbonyl (C=O) groups is 2. The molecule has 2 aromatic rings. The number of benzene rings is 2. The Balaban J connectivity index is 1.76. The number of hydrogen-bond acceptors (Lipinski definition) is 4. The first kappa shape index (κ1) is 21.1. The molecular formula is C21H21F2NO4S. The Kier molecular flexibility index (Phi) is 5.84. The quantitative estimate of drug-likeness (QED) is 0.778. The lowest BCUT2D eigenvalue weighted by atomic mass is 9.83. The lowest BCUT2D eigenvalue weighted by molar-refractivity contribution is -0.127. The number of nitrogens with one attached hydrogen (secondary N) is 1. The Hall–Kier alpha value is -2.61. The molecule has 0 unspecified atom stereocenters. The van der Waals surface area contributed by atoms with Crippen LogP contribution in [0.1, 0.15) is 29.0 Å². The molecule has 1 aliphatic heterocycles. The fraction of sp³-hybridized carbons (Fsp3) is 0.333. The minimum Gasteiger partial charge on any atom is -0.355 e. The molecule has 3 rings (SSSR count). The first-order valence-electron chi connectivity index (χ1n) is 9.10. The Morgan fingerprint density at radius 2 is 1.72 bits per heavy atom. The lowest BCUT2D eigenvalue weighted by Crippen LogP contribution is -2.23. The van der Waals surface area contributed by atoms with Gasteiger partial charge in [0.25, 0.3) is 0 Å². The summed E-state index contributed by atoms with van der Waals surface area (Å²) in [5.41, 5.74) is 0.862. The number of aryl methyl sites for hydroxylation is 1. The van der Waals surface area contributed by atoms with Crippen molar-refractivity contribution < 1.29 is 26.8 Å². The van der Waals surface area contributed by atoms with Gasteiger partial charge in [0.2, 0.25) is 5.91 Å². The molecule has 8 heteroatoms. The van der Waals surface area contributed by atoms with Gasteiger partial charge in [0.1, 0.15) is 17.4 Å². The average Bonchev–Trinajstić information content (AvgIpc) is 2.94. The number of carbonyl (C=O) groups excluding carboxylic acids is 2. The van der Waals surface area contributed by atoms with E-state index in [4.69, 9.17) is 0 Å². The number of ketones is 1. The molecule has 1 amide bonds. The van der Waals surface area contributed by atoms with E-state index in [9.17, 15) is 26.8 Å². The predicted molar refractivity (Wildman–Crippen MR) is 103 cm³/mol. The molecule has 0 spiro atoms. The molecule has 0 radical (unpaired) electrons. The van der Waals surface area contributed by atoms with Gasteiger partial charge >= 0.3 is 0 Å². The average molecular weight is 421 g/mol. The van der Waals surface area contributed by atoms with E-state index in [1.54, 1.807) is 19.1 Å². The van der Waals surface area contributed by atoms with Crippen molar-refractivity contribution in [2.24, 2.45) is 5.92 Å². The van der Waals surface area contributed by atoms with Gasteiger partial charge in [-0.15, -0.1) is 0 Å². The van der Waals surface area contributed by atoms with Crippen LogP contribution in [0.15, 0.2) is 41.3 Å². The summed E-state index contributed by atoms with van der Waals surface area (Å²) in [4.78, 5) is 24.9. The first-order valence-corrected chi connectivity index (χ1v) is 11.0. The molecule has 1 aliphatic rings. The molecule has 1 saturated heterocycles. The van der Waals surface area contributed by atoms with Crippen molar-refractivity contribution in [1.29, 1.82) is 0 Å². The van der Waals surface area contributed by atoms with Crippen LogP contribution in [0.4, 0.5) is 8.78 Å². The SMILES string of the molecule is Cc1cc(F)c([C@@H]2CNC(=O)[C@H]2CC(=O)Cc2ccc(S(C)(=O)=O)cc2)c(F)c1. The van der Waals surface area contributed by atoms with E-state index >= 15 is 0 Å². The topological polar surface area (TPSA) is 80.3 Å². The summed E-state index contributed by atoms with van der Waals surface area (Å²) in [6, 6.07) is 8.34. The molecule has 154 valence electrons. The summed E-state index contributed by atoms with van der Waals surface area (Å²) >= 11 is 0. The van der Waals surface area contributed by atoms with Gasteiger partial charge in [-0.3, -0.25) is 9.59 Å². The van der Waals surface area contributed by atoms with Gasteiger partial charge < -0.3 is 5.32 Å². The minimum atomic E-state index is -3.33. The van der Waals surface area contributed by atoms with Crippen LogP contribution in [0.2, 0.25) is 0 Å². The van der Waals surface area contributed by atoms with Crippen molar-refractivity contribution in [2.45, 2.75) is 30.6 Å². The highest BCUT2D eigenvalue weighted by molar-refractivity contribution is 7.90. The van der Waals surface area contributed by atoms with Crippen LogP contribution in [-0.2, 0) is 25.8 Å². The van der Waals surface area contributed by atoms with Crippen LogP contribution in [0.25, 0.3) is 0 Å². The Morgan fingerprint density at radius 3 is 2.28 bits per heavy atom. The van der Waals surface area contributed by atoms with Crippen molar-refractivity contribution in [3.63, 3.8) is 0 Å². The third-order valence-corrected chi connectivity index (χ3v) is 6.24. The van der Waals surface area contributed by atoms with Gasteiger partial charge in [-0.05, 0) is 42.3 Å². The summed E-state index contributed by atoms with van der Waals surface area (Å²) < 4.78 is 51.8. The first-order chi connectivity index (χ1) is 13.6. The fourth-order valence-electron chi connectivity index (χ4n) is 3.67. The van der Waals surface area contributed by atoms with Crippen LogP contribution < -0.4 is 5.32 Å². The van der Waals surface area contributed by atoms with E-state index in [2.05, 4.69) is 5.32 Å². The van der Waals surface area contributed by atoms with E-state index in [1.165, 1.54) is 24.3 Å². The summed E-state index contributed by atoms with van der Waals surface area (Å²) in [5, 5.41) is 2.59.